The summed E-state index contributed by atoms with van der Waals surface area (Å²) in [4.78, 5) is 14.4. The maximum atomic E-state index is 5.32. The first-order valence-electron chi connectivity index (χ1n) is 5.35. The number of aromatic nitrogens is 3. The maximum Gasteiger partial charge on any atom is 0.243 e. The largest absolute Gasteiger partial charge is 0.351 e. The molecule has 16 heavy (non-hydrogen) atoms. The highest BCUT2D eigenvalue weighted by Gasteiger charge is 2.19. The zero-order valence-electron chi connectivity index (χ0n) is 9.56. The molecular formula is C9H17N7. The molecule has 1 saturated carbocycles. The van der Waals surface area contributed by atoms with E-state index >= 15 is 0 Å². The molecule has 1 aliphatic carbocycles. The van der Waals surface area contributed by atoms with Crippen LogP contribution in [0.1, 0.15) is 19.3 Å². The Hall–Kier alpha value is -1.63. The molecular weight excluding hydrogens is 206 g/mol. The second-order valence-corrected chi connectivity index (χ2v) is 4.09. The molecule has 1 aromatic rings. The first kappa shape index (κ1) is 10.9. The molecule has 0 unspecified atom stereocenters. The normalized spacial score (nSPS) is 15.4. The number of anilines is 3. The first-order valence-corrected chi connectivity index (χ1v) is 5.35. The maximum absolute atomic E-state index is 5.32. The van der Waals surface area contributed by atoms with E-state index in [4.69, 9.17) is 5.84 Å². The van der Waals surface area contributed by atoms with Crippen LogP contribution in [-0.4, -0.2) is 35.1 Å². The minimum atomic E-state index is 0.375. The lowest BCUT2D eigenvalue weighted by molar-refractivity contribution is 0.443. The highest BCUT2D eigenvalue weighted by Crippen LogP contribution is 2.22. The lowest BCUT2D eigenvalue weighted by Gasteiger charge is -2.26. The van der Waals surface area contributed by atoms with Crippen molar-refractivity contribution in [2.24, 2.45) is 5.84 Å². The zero-order valence-corrected chi connectivity index (χ0v) is 9.56. The third-order valence-electron chi connectivity index (χ3n) is 2.59. The molecule has 88 valence electrons. The number of hydrogen-bond donors (Lipinski definition) is 3. The molecule has 1 aliphatic rings. The summed E-state index contributed by atoms with van der Waals surface area (Å²) in [7, 11) is 3.76. The molecule has 0 radical (unpaired) electrons. The molecule has 0 aromatic carbocycles. The number of nitrogens with zero attached hydrogens (tertiary/aromatic N) is 4. The molecule has 1 aromatic heterocycles. The monoisotopic (exact) mass is 223 g/mol. The van der Waals surface area contributed by atoms with Crippen molar-refractivity contribution in [1.29, 1.82) is 0 Å². The van der Waals surface area contributed by atoms with Gasteiger partial charge in [-0.2, -0.15) is 15.0 Å². The summed E-state index contributed by atoms with van der Waals surface area (Å²) in [5, 5.41) is 3.26. The van der Waals surface area contributed by atoms with Gasteiger partial charge in [-0.05, 0) is 19.3 Å². The molecule has 1 fully saturated rings. The third-order valence-corrected chi connectivity index (χ3v) is 2.59. The Bertz CT molecular complexity index is 361. The van der Waals surface area contributed by atoms with Gasteiger partial charge in [0.2, 0.25) is 17.8 Å². The molecule has 0 amide bonds. The van der Waals surface area contributed by atoms with Gasteiger partial charge in [0.1, 0.15) is 0 Å². The summed E-state index contributed by atoms with van der Waals surface area (Å²) in [6.45, 7) is 0. The molecule has 7 nitrogen and oxygen atoms in total. The molecule has 2 rings (SSSR count). The van der Waals surface area contributed by atoms with Crippen molar-refractivity contribution in [3.05, 3.63) is 0 Å². The van der Waals surface area contributed by atoms with Crippen LogP contribution in [0.5, 0.6) is 0 Å². The second kappa shape index (κ2) is 4.48. The minimum Gasteiger partial charge on any atom is -0.351 e. The fraction of sp³-hybridized carbons (Fsp3) is 0.667. The molecule has 0 bridgehead atoms. The zero-order chi connectivity index (χ0) is 11.5. The van der Waals surface area contributed by atoms with E-state index in [9.17, 15) is 0 Å². The lowest BCUT2D eigenvalue weighted by Crippen LogP contribution is -2.29. The van der Waals surface area contributed by atoms with Crippen LogP contribution in [0, 0.1) is 0 Å². The van der Waals surface area contributed by atoms with Crippen molar-refractivity contribution in [2.45, 2.75) is 25.3 Å². The molecule has 7 heteroatoms. The van der Waals surface area contributed by atoms with E-state index < -0.39 is 0 Å². The number of rotatable bonds is 4. The summed E-state index contributed by atoms with van der Waals surface area (Å²) in [6.07, 6.45) is 3.62. The van der Waals surface area contributed by atoms with Crippen LogP contribution in [0.4, 0.5) is 17.8 Å². The average Bonchev–Trinajstić information content (AvgIpc) is 2.23. The van der Waals surface area contributed by atoms with Gasteiger partial charge in [0.15, 0.2) is 0 Å². The van der Waals surface area contributed by atoms with Crippen molar-refractivity contribution in [3.8, 4) is 0 Å². The fourth-order valence-corrected chi connectivity index (χ4v) is 1.43. The number of nitrogens with one attached hydrogen (secondary N) is 2. The molecule has 4 N–H and O–H groups in total. The van der Waals surface area contributed by atoms with Gasteiger partial charge in [-0.15, -0.1) is 0 Å². The Morgan fingerprint density at radius 2 is 1.88 bits per heavy atom. The van der Waals surface area contributed by atoms with Gasteiger partial charge < -0.3 is 10.2 Å². The van der Waals surface area contributed by atoms with Crippen molar-refractivity contribution >= 4 is 17.8 Å². The van der Waals surface area contributed by atoms with Crippen molar-refractivity contribution in [3.63, 3.8) is 0 Å². The fourth-order valence-electron chi connectivity index (χ4n) is 1.43. The van der Waals surface area contributed by atoms with E-state index in [1.165, 1.54) is 19.3 Å². The smallest absolute Gasteiger partial charge is 0.243 e. The Kier molecular flexibility index (Phi) is 3.04. The minimum absolute atomic E-state index is 0.375. The Balaban J connectivity index is 2.18. The predicted octanol–water partition coefficient (Wildman–Crippen LogP) is 0.188. The highest BCUT2D eigenvalue weighted by atomic mass is 15.4. The summed E-state index contributed by atoms with van der Waals surface area (Å²) in [5.74, 6) is 6.86. The predicted molar refractivity (Wildman–Crippen MR) is 63.2 cm³/mol. The van der Waals surface area contributed by atoms with E-state index in [2.05, 4.69) is 25.7 Å². The molecule has 0 spiro atoms. The van der Waals surface area contributed by atoms with Crippen LogP contribution >= 0.6 is 0 Å². The van der Waals surface area contributed by atoms with Gasteiger partial charge in [0.05, 0.1) is 0 Å². The van der Waals surface area contributed by atoms with Crippen molar-refractivity contribution in [2.75, 3.05) is 29.7 Å². The molecule has 0 atom stereocenters. The summed E-state index contributed by atoms with van der Waals surface area (Å²) in [5.41, 5.74) is 2.44. The summed E-state index contributed by atoms with van der Waals surface area (Å²) in [6, 6.07) is 0.489. The summed E-state index contributed by atoms with van der Waals surface area (Å²) < 4.78 is 0. The highest BCUT2D eigenvalue weighted by molar-refractivity contribution is 5.42. The number of nitrogens with two attached hydrogens (primary N) is 1. The van der Waals surface area contributed by atoms with Crippen molar-refractivity contribution in [1.82, 2.24) is 15.0 Å². The standard InChI is InChI=1S/C9H17N7/c1-16(2)9-13-7(11-6-4-3-5-6)12-8(14-9)15-10/h6H,3-5,10H2,1-2H3,(H2,11,12,13,14,15). The number of hydrogen-bond acceptors (Lipinski definition) is 7. The number of hydrazine groups is 1. The molecule has 1 heterocycles. The Morgan fingerprint density at radius 1 is 1.19 bits per heavy atom. The molecule has 0 aliphatic heterocycles. The quantitative estimate of drug-likeness (QED) is 0.495. The van der Waals surface area contributed by atoms with Gasteiger partial charge in [-0.3, -0.25) is 5.43 Å². The van der Waals surface area contributed by atoms with Gasteiger partial charge in [-0.25, -0.2) is 5.84 Å². The van der Waals surface area contributed by atoms with Gasteiger partial charge in [0.25, 0.3) is 0 Å². The first-order chi connectivity index (χ1) is 7.69. The van der Waals surface area contributed by atoms with E-state index in [0.29, 0.717) is 23.9 Å². The molecule has 0 saturated heterocycles. The van der Waals surface area contributed by atoms with E-state index in [1.54, 1.807) is 0 Å². The van der Waals surface area contributed by atoms with Crippen LogP contribution in [0.2, 0.25) is 0 Å². The van der Waals surface area contributed by atoms with Gasteiger partial charge in [0, 0.05) is 20.1 Å². The van der Waals surface area contributed by atoms with Crippen LogP contribution in [-0.2, 0) is 0 Å². The van der Waals surface area contributed by atoms with E-state index in [-0.39, 0.29) is 0 Å². The Morgan fingerprint density at radius 3 is 2.38 bits per heavy atom. The van der Waals surface area contributed by atoms with Crippen LogP contribution in [0.3, 0.4) is 0 Å². The number of nitrogen functional groups attached to an aromatic ring is 1. The lowest BCUT2D eigenvalue weighted by atomic mass is 9.93. The average molecular weight is 223 g/mol. The SMILES string of the molecule is CN(C)c1nc(NN)nc(NC2CCC2)n1. The van der Waals surface area contributed by atoms with Crippen LogP contribution in [0.25, 0.3) is 0 Å². The third kappa shape index (κ3) is 2.30. The van der Waals surface area contributed by atoms with Crippen LogP contribution < -0.4 is 21.5 Å². The van der Waals surface area contributed by atoms with Crippen LogP contribution in [0.15, 0.2) is 0 Å². The van der Waals surface area contributed by atoms with E-state index in [0.717, 1.165) is 0 Å². The van der Waals surface area contributed by atoms with Gasteiger partial charge in [-0.1, -0.05) is 0 Å². The topological polar surface area (TPSA) is 92.0 Å². The summed E-state index contributed by atoms with van der Waals surface area (Å²) >= 11 is 0. The van der Waals surface area contributed by atoms with E-state index in [1.807, 2.05) is 19.0 Å². The second-order valence-electron chi connectivity index (χ2n) is 4.09. The van der Waals surface area contributed by atoms with Crippen molar-refractivity contribution < 1.29 is 0 Å². The van der Waals surface area contributed by atoms with Gasteiger partial charge >= 0.3 is 0 Å². The Labute approximate surface area is 94.4 Å².